The monoisotopic (exact) mass is 520 g/mol. The highest BCUT2D eigenvalue weighted by atomic mass is 16.7. The van der Waals surface area contributed by atoms with Crippen molar-refractivity contribution in [2.24, 2.45) is 5.73 Å². The van der Waals surface area contributed by atoms with Gasteiger partial charge in [-0.05, 0) is 5.56 Å². The van der Waals surface area contributed by atoms with Crippen LogP contribution >= 0.6 is 0 Å². The largest absolute Gasteiger partial charge is 0.463 e. The van der Waals surface area contributed by atoms with Crippen molar-refractivity contribution in [1.29, 1.82) is 0 Å². The van der Waals surface area contributed by atoms with Crippen LogP contribution in [-0.2, 0) is 39.9 Å². The van der Waals surface area contributed by atoms with Gasteiger partial charge in [0.05, 0.1) is 11.3 Å². The van der Waals surface area contributed by atoms with Gasteiger partial charge in [-0.15, -0.1) is 0 Å². The number of imidazole rings is 1. The van der Waals surface area contributed by atoms with Crippen molar-refractivity contribution in [2.75, 3.05) is 6.61 Å². The molecule has 1 aromatic carbocycles. The van der Waals surface area contributed by atoms with E-state index >= 15 is 0 Å². The second kappa shape index (κ2) is 11.5. The third kappa shape index (κ3) is 6.78. The van der Waals surface area contributed by atoms with Gasteiger partial charge in [-0.25, -0.2) is 4.98 Å². The van der Waals surface area contributed by atoms with Gasteiger partial charge in [0.1, 0.15) is 12.7 Å². The van der Waals surface area contributed by atoms with Gasteiger partial charge >= 0.3 is 17.9 Å². The first kappa shape index (κ1) is 27.1. The third-order valence-electron chi connectivity index (χ3n) is 5.09. The maximum absolute atomic E-state index is 12.3. The molecule has 0 unspecified atom stereocenters. The van der Waals surface area contributed by atoms with E-state index in [1.54, 1.807) is 0 Å². The molecular weight excluding hydrogens is 496 g/mol. The number of hydrogen-bond acceptors (Lipinski definition) is 12. The molecule has 15 nitrogen and oxygen atoms in total. The van der Waals surface area contributed by atoms with Crippen molar-refractivity contribution in [1.82, 2.24) is 9.55 Å². The summed E-state index contributed by atoms with van der Waals surface area (Å²) in [6.45, 7) is 3.14. The summed E-state index contributed by atoms with van der Waals surface area (Å²) in [4.78, 5) is 61.4. The van der Waals surface area contributed by atoms with Crippen LogP contribution in [0, 0.1) is 10.1 Å². The number of aromatic nitrogens is 2. The molecule has 1 fully saturated rings. The lowest BCUT2D eigenvalue weighted by Crippen LogP contribution is -2.42. The number of carbonyl (C=O) groups is 4. The normalized spacial score (nSPS) is 20.6. The first-order chi connectivity index (χ1) is 17.5. The molecule has 0 bridgehead atoms. The Labute approximate surface area is 209 Å². The van der Waals surface area contributed by atoms with Crippen LogP contribution in [0.25, 0.3) is 0 Å². The maximum Gasteiger partial charge on any atom is 0.303 e. The summed E-state index contributed by atoms with van der Waals surface area (Å²) >= 11 is 0. The molecule has 1 saturated heterocycles. The van der Waals surface area contributed by atoms with Gasteiger partial charge < -0.3 is 34.0 Å². The molecule has 1 aromatic heterocycles. The van der Waals surface area contributed by atoms with Crippen LogP contribution < -0.4 is 10.5 Å². The number of nitro benzene ring substituents is 1. The number of nitro groups is 1. The summed E-state index contributed by atoms with van der Waals surface area (Å²) in [5.41, 5.74) is 5.87. The lowest BCUT2D eigenvalue weighted by atomic mass is 10.1. The highest BCUT2D eigenvalue weighted by Crippen LogP contribution is 2.31. The SMILES string of the molecule is CC(=O)OC[C@H]1O[C@@H](Oc2ncn(Cc3ccc([N+](=O)[O-])cc3)c2C(N)=O)[C@H](OC(C)=O)[C@@H]1OC(C)=O. The smallest absolute Gasteiger partial charge is 0.303 e. The number of amides is 1. The van der Waals surface area contributed by atoms with Crippen molar-refractivity contribution in [3.8, 4) is 5.88 Å². The van der Waals surface area contributed by atoms with Crippen molar-refractivity contribution in [3.05, 3.63) is 52.0 Å². The zero-order valence-electron chi connectivity index (χ0n) is 20.0. The zero-order valence-corrected chi connectivity index (χ0v) is 20.0. The number of non-ortho nitro benzene ring substituents is 1. The average Bonchev–Trinajstić information content (AvgIpc) is 3.33. The molecule has 198 valence electrons. The van der Waals surface area contributed by atoms with Crippen LogP contribution in [0.15, 0.2) is 30.6 Å². The Morgan fingerprint density at radius 2 is 1.68 bits per heavy atom. The van der Waals surface area contributed by atoms with Crippen molar-refractivity contribution in [2.45, 2.75) is 51.9 Å². The van der Waals surface area contributed by atoms with Crippen molar-refractivity contribution < 1.29 is 47.8 Å². The van der Waals surface area contributed by atoms with Gasteiger partial charge in [0.25, 0.3) is 11.6 Å². The predicted molar refractivity (Wildman–Crippen MR) is 120 cm³/mol. The molecular formula is C22H24N4O11. The number of esters is 3. The van der Waals surface area contributed by atoms with E-state index in [1.807, 2.05) is 0 Å². The van der Waals surface area contributed by atoms with Crippen LogP contribution in [0.4, 0.5) is 5.69 Å². The van der Waals surface area contributed by atoms with E-state index in [2.05, 4.69) is 4.98 Å². The Morgan fingerprint density at radius 3 is 2.22 bits per heavy atom. The van der Waals surface area contributed by atoms with Gasteiger partial charge in [-0.1, -0.05) is 12.1 Å². The Kier molecular flexibility index (Phi) is 8.39. The number of nitrogens with zero attached hydrogens (tertiary/aromatic N) is 3. The Morgan fingerprint density at radius 1 is 1.05 bits per heavy atom. The predicted octanol–water partition coefficient (Wildman–Crippen LogP) is 0.469. The number of nitrogens with two attached hydrogens (primary N) is 1. The van der Waals surface area contributed by atoms with Gasteiger partial charge in [0, 0.05) is 39.4 Å². The highest BCUT2D eigenvalue weighted by molar-refractivity contribution is 5.93. The number of ether oxygens (including phenoxy) is 5. The van der Waals surface area contributed by atoms with Gasteiger partial charge in [-0.2, -0.15) is 0 Å². The van der Waals surface area contributed by atoms with Gasteiger partial charge in [0.15, 0.2) is 11.8 Å². The molecule has 1 amide bonds. The van der Waals surface area contributed by atoms with E-state index in [4.69, 9.17) is 29.4 Å². The van der Waals surface area contributed by atoms with Crippen molar-refractivity contribution in [3.63, 3.8) is 0 Å². The van der Waals surface area contributed by atoms with Crippen LogP contribution in [0.5, 0.6) is 5.88 Å². The molecule has 2 aromatic rings. The fourth-order valence-corrected chi connectivity index (χ4v) is 3.62. The summed E-state index contributed by atoms with van der Waals surface area (Å²) in [6, 6.07) is 5.62. The second-order valence-corrected chi connectivity index (χ2v) is 7.93. The van der Waals surface area contributed by atoms with E-state index in [-0.39, 0.29) is 30.4 Å². The Hall–Kier alpha value is -4.53. The Bertz CT molecular complexity index is 1190. The molecule has 15 heteroatoms. The molecule has 3 rings (SSSR count). The number of benzene rings is 1. The number of hydrogen-bond donors (Lipinski definition) is 1. The highest BCUT2D eigenvalue weighted by Gasteiger charge is 2.51. The van der Waals surface area contributed by atoms with Crippen LogP contribution in [-0.4, -0.2) is 69.5 Å². The minimum Gasteiger partial charge on any atom is -0.463 e. The molecule has 0 aliphatic carbocycles. The van der Waals surface area contributed by atoms with Gasteiger partial charge in [0.2, 0.25) is 18.3 Å². The quantitative estimate of drug-likeness (QED) is 0.197. The van der Waals surface area contributed by atoms with E-state index in [1.165, 1.54) is 42.1 Å². The molecule has 0 saturated carbocycles. The summed E-state index contributed by atoms with van der Waals surface area (Å²) < 4.78 is 28.3. The molecule has 0 radical (unpaired) electrons. The van der Waals surface area contributed by atoms with E-state index in [9.17, 15) is 29.3 Å². The second-order valence-electron chi connectivity index (χ2n) is 7.93. The fraction of sp³-hybridized carbons (Fsp3) is 0.409. The average molecular weight is 520 g/mol. The molecule has 2 heterocycles. The molecule has 0 spiro atoms. The first-order valence-electron chi connectivity index (χ1n) is 10.8. The molecule has 1 aliphatic heterocycles. The number of rotatable bonds is 10. The topological polar surface area (TPSA) is 201 Å². The fourth-order valence-electron chi connectivity index (χ4n) is 3.62. The summed E-state index contributed by atoms with van der Waals surface area (Å²) in [7, 11) is 0. The lowest BCUT2D eigenvalue weighted by molar-refractivity contribution is -0.384. The third-order valence-corrected chi connectivity index (χ3v) is 5.09. The van der Waals surface area contributed by atoms with E-state index < -0.39 is 53.3 Å². The van der Waals surface area contributed by atoms with Crippen LogP contribution in [0.3, 0.4) is 0 Å². The van der Waals surface area contributed by atoms with Crippen LogP contribution in [0.2, 0.25) is 0 Å². The summed E-state index contributed by atoms with van der Waals surface area (Å²) in [6.07, 6.45) is -3.74. The molecule has 4 atom stereocenters. The van der Waals surface area contributed by atoms with Crippen molar-refractivity contribution >= 4 is 29.5 Å². The molecule has 1 aliphatic rings. The minimum atomic E-state index is -1.42. The summed E-state index contributed by atoms with van der Waals surface area (Å²) in [5.74, 6) is -3.27. The molecule has 2 N–H and O–H groups in total. The molecule has 37 heavy (non-hydrogen) atoms. The standard InChI is InChI=1S/C22H24N4O11/c1-11(27)33-9-16-18(34-12(2)28)19(35-13(3)29)22(36-16)37-21-17(20(23)30)25(10-24-21)8-14-4-6-15(7-5-14)26(31)32/h4-7,10,16,18-19,22H,8-9H2,1-3H3,(H2,23,30)/t16-,18-,19-,22+/m1/s1. The minimum absolute atomic E-state index is 0.0661. The lowest BCUT2D eigenvalue weighted by Gasteiger charge is -2.23. The number of carbonyl (C=O) groups excluding carboxylic acids is 4. The first-order valence-corrected chi connectivity index (χ1v) is 10.8. The van der Waals surface area contributed by atoms with E-state index in [0.29, 0.717) is 5.56 Å². The van der Waals surface area contributed by atoms with Gasteiger partial charge in [-0.3, -0.25) is 29.3 Å². The summed E-state index contributed by atoms with van der Waals surface area (Å²) in [5, 5.41) is 10.9. The maximum atomic E-state index is 12.3. The Balaban J connectivity index is 1.88. The number of primary amides is 1. The zero-order chi connectivity index (χ0) is 27.3. The van der Waals surface area contributed by atoms with E-state index in [0.717, 1.165) is 13.8 Å². The van der Waals surface area contributed by atoms with Crippen LogP contribution in [0.1, 0.15) is 36.8 Å².